The van der Waals surface area contributed by atoms with Crippen molar-refractivity contribution in [2.75, 3.05) is 0 Å². The third kappa shape index (κ3) is 2.24. The number of fused-ring (bicyclic) bond motifs is 5. The summed E-state index contributed by atoms with van der Waals surface area (Å²) in [6, 6.07) is 31.5. The van der Waals surface area contributed by atoms with E-state index in [-0.39, 0.29) is 0 Å². The van der Waals surface area contributed by atoms with Crippen molar-refractivity contribution in [3.63, 3.8) is 0 Å². The molecule has 0 bridgehead atoms. The smallest absolute Gasteiger partial charge is 0.136 e. The van der Waals surface area contributed by atoms with Gasteiger partial charge in [0.2, 0.25) is 0 Å². The summed E-state index contributed by atoms with van der Waals surface area (Å²) < 4.78 is 6.18. The zero-order valence-electron chi connectivity index (χ0n) is 14.5. The van der Waals surface area contributed by atoms with E-state index in [1.165, 1.54) is 10.8 Å². The highest BCUT2D eigenvalue weighted by Crippen LogP contribution is 2.34. The molecular weight excluding hydrogens is 330 g/mol. The quantitative estimate of drug-likeness (QED) is 0.322. The fraction of sp³-hybridized carbons (Fsp3) is 0. The number of furan rings is 1. The van der Waals surface area contributed by atoms with Crippen LogP contribution >= 0.6 is 0 Å². The Morgan fingerprint density at radius 3 is 2.19 bits per heavy atom. The fourth-order valence-corrected chi connectivity index (χ4v) is 3.85. The van der Waals surface area contributed by atoms with Crippen LogP contribution in [0.5, 0.6) is 0 Å². The Morgan fingerprint density at radius 1 is 0.556 bits per heavy atom. The minimum absolute atomic E-state index is 0.896. The summed E-state index contributed by atoms with van der Waals surface area (Å²) in [6.07, 6.45) is 0. The van der Waals surface area contributed by atoms with E-state index in [2.05, 4.69) is 72.8 Å². The summed E-state index contributed by atoms with van der Waals surface area (Å²) in [7, 11) is 0. The second kappa shape index (κ2) is 5.42. The maximum absolute atomic E-state index is 6.18. The molecule has 0 saturated carbocycles. The second-order valence-corrected chi connectivity index (χ2v) is 6.90. The lowest BCUT2D eigenvalue weighted by Gasteiger charge is -2.03. The van der Waals surface area contributed by atoms with Gasteiger partial charge in [-0.2, -0.15) is 0 Å². The molecule has 2 heterocycles. The van der Waals surface area contributed by atoms with Gasteiger partial charge in [-0.25, -0.2) is 4.98 Å². The van der Waals surface area contributed by atoms with Crippen LogP contribution in [-0.4, -0.2) is 4.98 Å². The van der Waals surface area contributed by atoms with Crippen molar-refractivity contribution < 1.29 is 4.42 Å². The molecule has 2 aromatic heterocycles. The molecule has 0 aliphatic heterocycles. The van der Waals surface area contributed by atoms with Gasteiger partial charge in [0.05, 0.1) is 11.2 Å². The maximum Gasteiger partial charge on any atom is 0.136 e. The molecule has 0 aliphatic rings. The summed E-state index contributed by atoms with van der Waals surface area (Å²) in [5.74, 6) is 0. The first-order valence-corrected chi connectivity index (χ1v) is 9.06. The van der Waals surface area contributed by atoms with Crippen molar-refractivity contribution in [1.29, 1.82) is 0 Å². The van der Waals surface area contributed by atoms with Gasteiger partial charge in [-0.05, 0) is 47.2 Å². The van der Waals surface area contributed by atoms with Crippen molar-refractivity contribution in [3.8, 4) is 11.3 Å². The molecule has 0 unspecified atom stereocenters. The maximum atomic E-state index is 6.18. The lowest BCUT2D eigenvalue weighted by Crippen LogP contribution is -1.84. The van der Waals surface area contributed by atoms with Crippen molar-refractivity contribution in [3.05, 3.63) is 91.0 Å². The molecule has 0 amide bonds. The van der Waals surface area contributed by atoms with Crippen LogP contribution in [0.3, 0.4) is 0 Å². The average molecular weight is 345 g/mol. The number of nitrogens with zero attached hydrogens (tertiary/aromatic N) is 1. The number of para-hydroxylation sites is 1. The molecule has 6 rings (SSSR count). The Labute approximate surface area is 155 Å². The molecular formula is C25H15NO. The number of rotatable bonds is 1. The van der Waals surface area contributed by atoms with Gasteiger partial charge in [-0.15, -0.1) is 0 Å². The number of hydrogen-bond acceptors (Lipinski definition) is 2. The van der Waals surface area contributed by atoms with Crippen molar-refractivity contribution in [2.24, 2.45) is 0 Å². The number of aromatic nitrogens is 1. The summed E-state index contributed by atoms with van der Waals surface area (Å²) in [6.45, 7) is 0. The molecule has 4 aromatic carbocycles. The SMILES string of the molecule is c1ccc2cc3c(cc2c1)oc1cc(-c2ccc4ccccc4n2)ccc13. The van der Waals surface area contributed by atoms with Crippen LogP contribution in [0.2, 0.25) is 0 Å². The normalized spacial score (nSPS) is 11.7. The van der Waals surface area contributed by atoms with Crippen LogP contribution in [-0.2, 0) is 0 Å². The van der Waals surface area contributed by atoms with Crippen LogP contribution < -0.4 is 0 Å². The first kappa shape index (κ1) is 14.5. The molecule has 0 fully saturated rings. The van der Waals surface area contributed by atoms with Crippen LogP contribution in [0.15, 0.2) is 95.4 Å². The number of hydrogen-bond donors (Lipinski definition) is 0. The Bertz CT molecular complexity index is 1480. The third-order valence-corrected chi connectivity index (χ3v) is 5.23. The summed E-state index contributed by atoms with van der Waals surface area (Å²) in [5.41, 5.74) is 4.85. The fourth-order valence-electron chi connectivity index (χ4n) is 3.85. The standard InChI is InChI=1S/C25H15NO/c1-2-7-18-14-25-21(13-17(18)6-1)20-11-9-19(15-24(20)27-25)23-12-10-16-5-3-4-8-22(16)26-23/h1-15H. The van der Waals surface area contributed by atoms with E-state index in [0.717, 1.165) is 44.1 Å². The Morgan fingerprint density at radius 2 is 1.30 bits per heavy atom. The molecule has 0 N–H and O–H groups in total. The van der Waals surface area contributed by atoms with Crippen LogP contribution in [0.1, 0.15) is 0 Å². The monoisotopic (exact) mass is 345 g/mol. The molecule has 2 nitrogen and oxygen atoms in total. The molecule has 27 heavy (non-hydrogen) atoms. The molecule has 0 saturated heterocycles. The van der Waals surface area contributed by atoms with Gasteiger partial charge in [0, 0.05) is 21.7 Å². The molecule has 6 aromatic rings. The van der Waals surface area contributed by atoms with Gasteiger partial charge in [-0.1, -0.05) is 54.6 Å². The molecule has 0 spiro atoms. The highest BCUT2D eigenvalue weighted by atomic mass is 16.3. The minimum Gasteiger partial charge on any atom is -0.456 e. The van der Waals surface area contributed by atoms with E-state index >= 15 is 0 Å². The predicted octanol–water partition coefficient (Wildman–Crippen LogP) is 6.95. The van der Waals surface area contributed by atoms with Gasteiger partial charge in [0.15, 0.2) is 0 Å². The van der Waals surface area contributed by atoms with Gasteiger partial charge >= 0.3 is 0 Å². The third-order valence-electron chi connectivity index (χ3n) is 5.23. The van der Waals surface area contributed by atoms with Gasteiger partial charge < -0.3 is 4.42 Å². The van der Waals surface area contributed by atoms with Gasteiger partial charge in [-0.3, -0.25) is 0 Å². The Hall–Kier alpha value is -3.65. The number of pyridine rings is 1. The Kier molecular flexibility index (Phi) is 2.91. The summed E-state index contributed by atoms with van der Waals surface area (Å²) >= 11 is 0. The van der Waals surface area contributed by atoms with E-state index in [0.29, 0.717) is 0 Å². The highest BCUT2D eigenvalue weighted by molar-refractivity contribution is 6.10. The van der Waals surface area contributed by atoms with Crippen LogP contribution in [0.4, 0.5) is 0 Å². The molecule has 0 radical (unpaired) electrons. The van der Waals surface area contributed by atoms with Crippen LogP contribution in [0.25, 0.3) is 54.9 Å². The average Bonchev–Trinajstić information content (AvgIpc) is 3.08. The minimum atomic E-state index is 0.896. The zero-order valence-corrected chi connectivity index (χ0v) is 14.5. The van der Waals surface area contributed by atoms with Gasteiger partial charge in [0.25, 0.3) is 0 Å². The largest absolute Gasteiger partial charge is 0.456 e. The topological polar surface area (TPSA) is 26.0 Å². The predicted molar refractivity (Wildman–Crippen MR) is 112 cm³/mol. The van der Waals surface area contributed by atoms with Crippen molar-refractivity contribution in [2.45, 2.75) is 0 Å². The van der Waals surface area contributed by atoms with Crippen molar-refractivity contribution >= 4 is 43.6 Å². The van der Waals surface area contributed by atoms with E-state index in [1.54, 1.807) is 0 Å². The summed E-state index contributed by atoms with van der Waals surface area (Å²) in [5, 5.41) is 5.87. The molecule has 0 aliphatic carbocycles. The molecule has 0 atom stereocenters. The van der Waals surface area contributed by atoms with E-state index < -0.39 is 0 Å². The zero-order chi connectivity index (χ0) is 17.8. The molecule has 126 valence electrons. The first-order valence-electron chi connectivity index (χ1n) is 9.06. The lowest BCUT2D eigenvalue weighted by molar-refractivity contribution is 0.669. The van der Waals surface area contributed by atoms with Gasteiger partial charge in [0.1, 0.15) is 11.2 Å². The Balaban J connectivity index is 1.57. The highest BCUT2D eigenvalue weighted by Gasteiger charge is 2.10. The van der Waals surface area contributed by atoms with Crippen molar-refractivity contribution in [1.82, 2.24) is 4.98 Å². The van der Waals surface area contributed by atoms with Crippen LogP contribution in [0, 0.1) is 0 Å². The summed E-state index contributed by atoms with van der Waals surface area (Å²) in [4.78, 5) is 4.81. The van der Waals surface area contributed by atoms with E-state index in [1.807, 2.05) is 18.2 Å². The number of benzene rings is 4. The lowest BCUT2D eigenvalue weighted by atomic mass is 10.0. The first-order chi connectivity index (χ1) is 13.3. The second-order valence-electron chi connectivity index (χ2n) is 6.90. The molecule has 2 heteroatoms. The van der Waals surface area contributed by atoms with E-state index in [9.17, 15) is 0 Å². The van der Waals surface area contributed by atoms with E-state index in [4.69, 9.17) is 9.40 Å².